The van der Waals surface area contributed by atoms with Crippen LogP contribution in [0.15, 0.2) is 18.2 Å². The van der Waals surface area contributed by atoms with E-state index in [-0.39, 0.29) is 0 Å². The highest BCUT2D eigenvalue weighted by Gasteiger charge is 2.33. The van der Waals surface area contributed by atoms with Crippen molar-refractivity contribution in [2.75, 3.05) is 33.2 Å². The number of likely N-dealkylation sites (N-methyl/N-ethyl adjacent to an activating group) is 1. The Hall–Kier alpha value is -1.27. The summed E-state index contributed by atoms with van der Waals surface area (Å²) >= 11 is 0. The molecule has 0 aliphatic carbocycles. The number of piperazine rings is 1. The second-order valence-electron chi connectivity index (χ2n) is 4.93. The van der Waals surface area contributed by atoms with Gasteiger partial charge < -0.3 is 10.0 Å². The van der Waals surface area contributed by atoms with Gasteiger partial charge in [-0.1, -0.05) is 6.07 Å². The van der Waals surface area contributed by atoms with Gasteiger partial charge in [0.05, 0.1) is 5.56 Å². The minimum atomic E-state index is -4.50. The molecule has 0 saturated carbocycles. The Morgan fingerprint density at radius 2 is 1.79 bits per heavy atom. The summed E-state index contributed by atoms with van der Waals surface area (Å²) in [6.45, 7) is 4.25. The van der Waals surface area contributed by atoms with Crippen LogP contribution in [0.5, 0.6) is 5.75 Å². The fraction of sp³-hybridized carbons (Fsp3) is 0.538. The lowest BCUT2D eigenvalue weighted by atomic mass is 10.1. The Morgan fingerprint density at radius 3 is 2.32 bits per heavy atom. The first-order valence-corrected chi connectivity index (χ1v) is 6.16. The number of aromatic hydroxyl groups is 1. The van der Waals surface area contributed by atoms with Crippen molar-refractivity contribution in [1.82, 2.24) is 9.80 Å². The molecule has 1 aromatic rings. The molecule has 106 valence electrons. The second-order valence-corrected chi connectivity index (χ2v) is 4.93. The average Bonchev–Trinajstić information content (AvgIpc) is 2.30. The van der Waals surface area contributed by atoms with Gasteiger partial charge in [-0.3, -0.25) is 4.90 Å². The van der Waals surface area contributed by atoms with Crippen molar-refractivity contribution in [2.24, 2.45) is 0 Å². The summed E-state index contributed by atoms with van der Waals surface area (Å²) in [6, 6.07) is 3.59. The van der Waals surface area contributed by atoms with Crippen molar-refractivity contribution in [3.8, 4) is 5.75 Å². The quantitative estimate of drug-likeness (QED) is 0.895. The van der Waals surface area contributed by atoms with Crippen molar-refractivity contribution in [1.29, 1.82) is 0 Å². The number of hydrogen-bond donors (Lipinski definition) is 1. The summed E-state index contributed by atoms with van der Waals surface area (Å²) in [6.07, 6.45) is -4.50. The Balaban J connectivity index is 2.04. The molecule has 0 atom stereocenters. The molecule has 1 heterocycles. The summed E-state index contributed by atoms with van der Waals surface area (Å²) in [4.78, 5) is 4.38. The first-order chi connectivity index (χ1) is 8.86. The van der Waals surface area contributed by atoms with Crippen LogP contribution in [0.25, 0.3) is 0 Å². The van der Waals surface area contributed by atoms with Gasteiger partial charge in [0.1, 0.15) is 5.75 Å². The minimum Gasteiger partial charge on any atom is -0.507 e. The van der Waals surface area contributed by atoms with Gasteiger partial charge in [0.25, 0.3) is 0 Å². The molecule has 0 radical (unpaired) electrons. The maximum atomic E-state index is 12.5. The van der Waals surface area contributed by atoms with E-state index < -0.39 is 17.5 Å². The molecule has 19 heavy (non-hydrogen) atoms. The van der Waals surface area contributed by atoms with E-state index >= 15 is 0 Å². The van der Waals surface area contributed by atoms with Gasteiger partial charge in [-0.25, -0.2) is 0 Å². The topological polar surface area (TPSA) is 26.7 Å². The lowest BCUT2D eigenvalue weighted by Gasteiger charge is -2.32. The first-order valence-electron chi connectivity index (χ1n) is 6.16. The normalized spacial score (nSPS) is 18.7. The second kappa shape index (κ2) is 5.38. The van der Waals surface area contributed by atoms with Gasteiger partial charge in [0.2, 0.25) is 0 Å². The molecule has 0 unspecified atom stereocenters. The highest BCUT2D eigenvalue weighted by atomic mass is 19.4. The van der Waals surface area contributed by atoms with E-state index in [1.54, 1.807) is 0 Å². The predicted molar refractivity (Wildman–Crippen MR) is 65.9 cm³/mol. The van der Waals surface area contributed by atoms with Crippen molar-refractivity contribution >= 4 is 0 Å². The largest absolute Gasteiger partial charge is 0.507 e. The van der Waals surface area contributed by atoms with Crippen LogP contribution in [0.3, 0.4) is 0 Å². The summed E-state index contributed by atoms with van der Waals surface area (Å²) in [5.41, 5.74) is -0.273. The molecule has 0 spiro atoms. The first kappa shape index (κ1) is 14.1. The van der Waals surface area contributed by atoms with Crippen LogP contribution in [0.4, 0.5) is 13.2 Å². The number of phenols is 1. The van der Waals surface area contributed by atoms with E-state index in [2.05, 4.69) is 9.80 Å². The molecule has 0 bridgehead atoms. The number of halogens is 3. The summed E-state index contributed by atoms with van der Waals surface area (Å²) in [5, 5.41) is 9.45. The summed E-state index contributed by atoms with van der Waals surface area (Å²) in [7, 11) is 2.04. The highest BCUT2D eigenvalue weighted by molar-refractivity contribution is 5.38. The lowest BCUT2D eigenvalue weighted by Crippen LogP contribution is -2.43. The van der Waals surface area contributed by atoms with Crippen molar-refractivity contribution in [3.05, 3.63) is 29.3 Å². The predicted octanol–water partition coefficient (Wildman–Crippen LogP) is 2.16. The van der Waals surface area contributed by atoms with E-state index in [4.69, 9.17) is 0 Å². The number of benzene rings is 1. The molecule has 6 heteroatoms. The van der Waals surface area contributed by atoms with Gasteiger partial charge in [-0.05, 0) is 24.7 Å². The van der Waals surface area contributed by atoms with Crippen LogP contribution in [-0.2, 0) is 12.7 Å². The third-order valence-electron chi connectivity index (χ3n) is 3.37. The number of nitrogens with zero attached hydrogens (tertiary/aromatic N) is 2. The van der Waals surface area contributed by atoms with Gasteiger partial charge in [-0.15, -0.1) is 0 Å². The van der Waals surface area contributed by atoms with Gasteiger partial charge in [0, 0.05) is 32.7 Å². The zero-order chi connectivity index (χ0) is 14.0. The number of phenolic OH excluding ortho intramolecular Hbond substituents is 1. The lowest BCUT2D eigenvalue weighted by molar-refractivity contribution is -0.138. The number of hydrogen-bond acceptors (Lipinski definition) is 3. The SMILES string of the molecule is CN1CCN(Cc2ccc(C(F)(F)F)c(O)c2)CC1. The van der Waals surface area contributed by atoms with Crippen molar-refractivity contribution in [3.63, 3.8) is 0 Å². The van der Waals surface area contributed by atoms with E-state index in [1.165, 1.54) is 12.1 Å². The van der Waals surface area contributed by atoms with Crippen LogP contribution in [0, 0.1) is 0 Å². The maximum Gasteiger partial charge on any atom is 0.419 e. The Kier molecular flexibility index (Phi) is 4.01. The van der Waals surface area contributed by atoms with Crippen LogP contribution in [0.2, 0.25) is 0 Å². The molecule has 1 aromatic carbocycles. The monoisotopic (exact) mass is 274 g/mol. The van der Waals surface area contributed by atoms with E-state index in [1.807, 2.05) is 7.05 Å². The highest BCUT2D eigenvalue weighted by Crippen LogP contribution is 2.36. The molecule has 1 fully saturated rings. The van der Waals surface area contributed by atoms with Crippen LogP contribution in [0.1, 0.15) is 11.1 Å². The fourth-order valence-electron chi connectivity index (χ4n) is 2.18. The van der Waals surface area contributed by atoms with Gasteiger partial charge >= 0.3 is 6.18 Å². The van der Waals surface area contributed by atoms with Crippen LogP contribution < -0.4 is 0 Å². The Morgan fingerprint density at radius 1 is 1.16 bits per heavy atom. The summed E-state index contributed by atoms with van der Waals surface area (Å²) < 4.78 is 37.5. The van der Waals surface area contributed by atoms with Gasteiger partial charge in [-0.2, -0.15) is 13.2 Å². The van der Waals surface area contributed by atoms with E-state index in [0.717, 1.165) is 32.2 Å². The standard InChI is InChI=1S/C13H17F3N2O/c1-17-4-6-18(7-5-17)9-10-2-3-11(12(19)8-10)13(14,15)16/h2-3,8,19H,4-7,9H2,1H3. The third kappa shape index (κ3) is 3.61. The van der Waals surface area contributed by atoms with Crippen LogP contribution >= 0.6 is 0 Å². The van der Waals surface area contributed by atoms with Crippen molar-refractivity contribution in [2.45, 2.75) is 12.7 Å². The third-order valence-corrected chi connectivity index (χ3v) is 3.37. The fourth-order valence-corrected chi connectivity index (χ4v) is 2.18. The van der Waals surface area contributed by atoms with E-state index in [9.17, 15) is 18.3 Å². The molecule has 1 aliphatic heterocycles. The molecule has 1 N–H and O–H groups in total. The summed E-state index contributed by atoms with van der Waals surface area (Å²) in [5.74, 6) is -0.695. The molecular weight excluding hydrogens is 257 g/mol. The minimum absolute atomic E-state index is 0.569. The van der Waals surface area contributed by atoms with Crippen LogP contribution in [-0.4, -0.2) is 48.1 Å². The zero-order valence-electron chi connectivity index (χ0n) is 10.7. The smallest absolute Gasteiger partial charge is 0.419 e. The Labute approximate surface area is 110 Å². The molecule has 3 nitrogen and oxygen atoms in total. The van der Waals surface area contributed by atoms with Gasteiger partial charge in [0.15, 0.2) is 0 Å². The molecule has 0 aromatic heterocycles. The molecule has 1 aliphatic rings. The number of alkyl halides is 3. The molecule has 0 amide bonds. The zero-order valence-corrected chi connectivity index (χ0v) is 10.7. The van der Waals surface area contributed by atoms with Crippen molar-refractivity contribution < 1.29 is 18.3 Å². The average molecular weight is 274 g/mol. The molecule has 2 rings (SSSR count). The maximum absolute atomic E-state index is 12.5. The number of rotatable bonds is 2. The molecule has 1 saturated heterocycles. The molecular formula is C13H17F3N2O. The van der Waals surface area contributed by atoms with E-state index in [0.29, 0.717) is 12.1 Å². The Bertz CT molecular complexity index is 440.